The number of benzene rings is 1. The Labute approximate surface area is 89.5 Å². The number of carbonyl (C=O) groups is 1. The molecule has 0 aromatic heterocycles. The van der Waals surface area contributed by atoms with Crippen LogP contribution in [-0.4, -0.2) is 19.1 Å². The molecule has 1 amide bonds. The van der Waals surface area contributed by atoms with Gasteiger partial charge in [0, 0.05) is 12.7 Å². The third kappa shape index (κ3) is 3.52. The van der Waals surface area contributed by atoms with Gasteiger partial charge in [-0.25, -0.2) is 4.39 Å². The van der Waals surface area contributed by atoms with Crippen LogP contribution >= 0.6 is 0 Å². The van der Waals surface area contributed by atoms with E-state index < -0.39 is 24.3 Å². The summed E-state index contributed by atoms with van der Waals surface area (Å²) in [4.78, 5) is 12.0. The first-order chi connectivity index (χ1) is 7.29. The molecule has 2 nitrogen and oxygen atoms in total. The number of halogens is 4. The molecule has 6 heteroatoms. The zero-order valence-corrected chi connectivity index (χ0v) is 8.38. The molecule has 1 rings (SSSR count). The molecule has 0 unspecified atom stereocenters. The molecule has 0 bridgehead atoms. The molecule has 0 saturated carbocycles. The van der Waals surface area contributed by atoms with Crippen LogP contribution < -0.4 is 4.90 Å². The number of nitrogens with zero attached hydrogens (tertiary/aromatic N) is 1. The fourth-order valence-corrected chi connectivity index (χ4v) is 1.10. The average molecular weight is 235 g/mol. The summed E-state index contributed by atoms with van der Waals surface area (Å²) >= 11 is 0. The molecule has 88 valence electrons. The summed E-state index contributed by atoms with van der Waals surface area (Å²) in [5.74, 6) is -1.60. The molecule has 0 aliphatic heterocycles. The number of anilines is 1. The van der Waals surface area contributed by atoms with Crippen LogP contribution in [0.4, 0.5) is 23.2 Å². The largest absolute Gasteiger partial charge is 0.397 e. The fourth-order valence-electron chi connectivity index (χ4n) is 1.10. The maximum Gasteiger partial charge on any atom is 0.397 e. The van der Waals surface area contributed by atoms with Gasteiger partial charge in [-0.2, -0.15) is 13.2 Å². The smallest absolute Gasteiger partial charge is 0.315 e. The minimum absolute atomic E-state index is 0.218. The summed E-state index contributed by atoms with van der Waals surface area (Å²) in [6, 6.07) is 4.63. The highest BCUT2D eigenvalue weighted by Gasteiger charge is 2.32. The number of rotatable bonds is 2. The van der Waals surface area contributed by atoms with E-state index in [4.69, 9.17) is 0 Å². The van der Waals surface area contributed by atoms with Gasteiger partial charge in [-0.05, 0) is 24.3 Å². The second kappa shape index (κ2) is 4.51. The molecule has 0 heterocycles. The molecule has 1 aromatic rings. The van der Waals surface area contributed by atoms with Gasteiger partial charge in [0.25, 0.3) is 0 Å². The Bertz CT molecular complexity index is 371. The molecule has 0 N–H and O–H groups in total. The lowest BCUT2D eigenvalue weighted by atomic mass is 10.2. The third-order valence-corrected chi connectivity index (χ3v) is 1.94. The number of amides is 1. The second-order valence-corrected chi connectivity index (χ2v) is 3.22. The van der Waals surface area contributed by atoms with Gasteiger partial charge in [0.1, 0.15) is 12.2 Å². The Hall–Kier alpha value is -1.59. The molecule has 1 aromatic carbocycles. The lowest BCUT2D eigenvalue weighted by Gasteiger charge is -2.18. The van der Waals surface area contributed by atoms with E-state index >= 15 is 0 Å². The van der Waals surface area contributed by atoms with Crippen molar-refractivity contribution >= 4 is 11.6 Å². The van der Waals surface area contributed by atoms with Crippen LogP contribution in [0, 0.1) is 5.82 Å². The first-order valence-corrected chi connectivity index (χ1v) is 4.38. The number of hydrogen-bond acceptors (Lipinski definition) is 1. The first-order valence-electron chi connectivity index (χ1n) is 4.38. The van der Waals surface area contributed by atoms with Crippen LogP contribution in [-0.2, 0) is 4.79 Å². The lowest BCUT2D eigenvalue weighted by Crippen LogP contribution is -2.30. The standard InChI is InChI=1S/C10H9F4NO/c1-15(9(16)6-10(12,13)14)8-4-2-7(11)3-5-8/h2-5H,6H2,1H3. The molecule has 0 radical (unpaired) electrons. The summed E-state index contributed by atoms with van der Waals surface area (Å²) in [7, 11) is 1.21. The quantitative estimate of drug-likeness (QED) is 0.722. The summed E-state index contributed by atoms with van der Waals surface area (Å²) < 4.78 is 48.4. The van der Waals surface area contributed by atoms with Gasteiger partial charge in [0.15, 0.2) is 0 Å². The van der Waals surface area contributed by atoms with E-state index in [2.05, 4.69) is 0 Å². The van der Waals surface area contributed by atoms with Crippen LogP contribution in [0.15, 0.2) is 24.3 Å². The maximum atomic E-state index is 12.5. The van der Waals surface area contributed by atoms with Crippen molar-refractivity contribution in [3.63, 3.8) is 0 Å². The fraction of sp³-hybridized carbons (Fsp3) is 0.300. The number of carbonyl (C=O) groups excluding carboxylic acids is 1. The Morgan fingerprint density at radius 1 is 1.25 bits per heavy atom. The van der Waals surface area contributed by atoms with Crippen LogP contribution in [0.1, 0.15) is 6.42 Å². The third-order valence-electron chi connectivity index (χ3n) is 1.94. The number of hydrogen-bond donors (Lipinski definition) is 0. The highest BCUT2D eigenvalue weighted by Crippen LogP contribution is 2.22. The minimum Gasteiger partial charge on any atom is -0.315 e. The van der Waals surface area contributed by atoms with E-state index in [0.29, 0.717) is 0 Å². The summed E-state index contributed by atoms with van der Waals surface area (Å²) in [6.45, 7) is 0. The van der Waals surface area contributed by atoms with Crippen molar-refractivity contribution in [1.29, 1.82) is 0 Å². The van der Waals surface area contributed by atoms with Gasteiger partial charge >= 0.3 is 6.18 Å². The Morgan fingerprint density at radius 3 is 2.19 bits per heavy atom. The summed E-state index contributed by atoms with van der Waals surface area (Å²) in [5, 5.41) is 0. The van der Waals surface area contributed by atoms with Crippen molar-refractivity contribution < 1.29 is 22.4 Å². The van der Waals surface area contributed by atoms with E-state index in [1.54, 1.807) is 0 Å². The van der Waals surface area contributed by atoms with Crippen LogP contribution in [0.2, 0.25) is 0 Å². The molecule has 0 spiro atoms. The van der Waals surface area contributed by atoms with Crippen LogP contribution in [0.3, 0.4) is 0 Å². The van der Waals surface area contributed by atoms with Gasteiger partial charge < -0.3 is 4.90 Å². The zero-order valence-electron chi connectivity index (χ0n) is 8.38. The Morgan fingerprint density at radius 2 is 1.75 bits per heavy atom. The topological polar surface area (TPSA) is 20.3 Å². The first kappa shape index (κ1) is 12.5. The van der Waals surface area contributed by atoms with Gasteiger partial charge in [0.05, 0.1) is 0 Å². The highest BCUT2D eigenvalue weighted by molar-refractivity contribution is 5.93. The van der Waals surface area contributed by atoms with Crippen molar-refractivity contribution in [1.82, 2.24) is 0 Å². The van der Waals surface area contributed by atoms with E-state index in [1.807, 2.05) is 0 Å². The SMILES string of the molecule is CN(C(=O)CC(F)(F)F)c1ccc(F)cc1. The molecule has 0 aliphatic carbocycles. The Kier molecular flexibility index (Phi) is 3.51. The predicted octanol–water partition coefficient (Wildman–Crippen LogP) is 2.74. The zero-order chi connectivity index (χ0) is 12.3. The van der Waals surface area contributed by atoms with Crippen molar-refractivity contribution in [3.8, 4) is 0 Å². The van der Waals surface area contributed by atoms with Crippen LogP contribution in [0.5, 0.6) is 0 Å². The van der Waals surface area contributed by atoms with Crippen molar-refractivity contribution in [3.05, 3.63) is 30.1 Å². The van der Waals surface area contributed by atoms with Gasteiger partial charge in [-0.3, -0.25) is 4.79 Å². The van der Waals surface area contributed by atoms with Gasteiger partial charge in [0.2, 0.25) is 5.91 Å². The molecule has 0 atom stereocenters. The number of alkyl halides is 3. The van der Waals surface area contributed by atoms with Crippen LogP contribution in [0.25, 0.3) is 0 Å². The monoisotopic (exact) mass is 235 g/mol. The minimum atomic E-state index is -4.54. The lowest BCUT2D eigenvalue weighted by molar-refractivity contribution is -0.151. The van der Waals surface area contributed by atoms with Gasteiger partial charge in [-0.15, -0.1) is 0 Å². The second-order valence-electron chi connectivity index (χ2n) is 3.22. The van der Waals surface area contributed by atoms with E-state index in [9.17, 15) is 22.4 Å². The molecular weight excluding hydrogens is 226 g/mol. The maximum absolute atomic E-state index is 12.5. The van der Waals surface area contributed by atoms with Crippen molar-refractivity contribution in [2.45, 2.75) is 12.6 Å². The predicted molar refractivity (Wildman–Crippen MR) is 50.5 cm³/mol. The van der Waals surface area contributed by atoms with E-state index in [0.717, 1.165) is 17.0 Å². The summed E-state index contributed by atoms with van der Waals surface area (Å²) in [5.41, 5.74) is 0.218. The molecule has 0 aliphatic rings. The molecule has 0 fully saturated rings. The average Bonchev–Trinajstić information content (AvgIpc) is 2.15. The highest BCUT2D eigenvalue weighted by atomic mass is 19.4. The molecule has 0 saturated heterocycles. The normalized spacial score (nSPS) is 11.3. The van der Waals surface area contributed by atoms with Crippen molar-refractivity contribution in [2.24, 2.45) is 0 Å². The molecular formula is C10H9F4NO. The summed E-state index contributed by atoms with van der Waals surface area (Å²) in [6.07, 6.45) is -6.06. The van der Waals surface area contributed by atoms with E-state index in [-0.39, 0.29) is 5.69 Å². The Balaban J connectivity index is 2.74. The van der Waals surface area contributed by atoms with E-state index in [1.165, 1.54) is 19.2 Å². The van der Waals surface area contributed by atoms with Crippen molar-refractivity contribution in [2.75, 3.05) is 11.9 Å². The molecule has 16 heavy (non-hydrogen) atoms. The van der Waals surface area contributed by atoms with Gasteiger partial charge in [-0.1, -0.05) is 0 Å².